The van der Waals surface area contributed by atoms with E-state index >= 15 is 0 Å². The number of anilines is 2. The Morgan fingerprint density at radius 2 is 2.08 bits per heavy atom. The van der Waals surface area contributed by atoms with E-state index in [4.69, 9.17) is 0 Å². The summed E-state index contributed by atoms with van der Waals surface area (Å²) in [4.78, 5) is 14.8. The highest BCUT2D eigenvalue weighted by atomic mass is 32.1. The van der Waals surface area contributed by atoms with Gasteiger partial charge in [-0.1, -0.05) is 41.7 Å². The zero-order valence-electron chi connectivity index (χ0n) is 14.2. The Kier molecular flexibility index (Phi) is 4.72. The van der Waals surface area contributed by atoms with Gasteiger partial charge < -0.3 is 10.6 Å². The summed E-state index contributed by atoms with van der Waals surface area (Å²) in [6, 6.07) is 12.4. The average molecular weight is 351 g/mol. The van der Waals surface area contributed by atoms with Gasteiger partial charge in [0.05, 0.1) is 10.6 Å². The van der Waals surface area contributed by atoms with E-state index in [1.807, 2.05) is 31.3 Å². The highest BCUT2D eigenvalue weighted by Gasteiger charge is 2.18. The second kappa shape index (κ2) is 7.29. The molecule has 5 nitrogen and oxygen atoms in total. The fourth-order valence-corrected chi connectivity index (χ4v) is 3.97. The average Bonchev–Trinajstić information content (AvgIpc) is 3.11. The Morgan fingerprint density at radius 1 is 1.20 bits per heavy atom. The minimum atomic E-state index is 0.465. The first-order valence-electron chi connectivity index (χ1n) is 8.62. The third-order valence-electron chi connectivity index (χ3n) is 4.37. The molecule has 0 radical (unpaired) electrons. The van der Waals surface area contributed by atoms with Crippen LogP contribution in [0.3, 0.4) is 0 Å². The Morgan fingerprint density at radius 3 is 2.88 bits per heavy atom. The van der Waals surface area contributed by atoms with Crippen LogP contribution < -0.4 is 10.6 Å². The number of benzene rings is 1. The van der Waals surface area contributed by atoms with Crippen molar-refractivity contribution in [3.05, 3.63) is 54.1 Å². The van der Waals surface area contributed by atoms with Crippen LogP contribution in [0.2, 0.25) is 0 Å². The molecule has 1 atom stereocenters. The van der Waals surface area contributed by atoms with Crippen LogP contribution in [0, 0.1) is 6.92 Å². The van der Waals surface area contributed by atoms with Crippen molar-refractivity contribution in [1.29, 1.82) is 0 Å². The van der Waals surface area contributed by atoms with E-state index in [0.717, 1.165) is 40.4 Å². The molecule has 1 unspecified atom stereocenters. The van der Waals surface area contributed by atoms with E-state index in [-0.39, 0.29) is 0 Å². The van der Waals surface area contributed by atoms with Crippen LogP contribution in [-0.4, -0.2) is 28.0 Å². The standard InChI is InChI=1S/C19H21N5S/c1-13-22-16(15-8-5-9-20-11-15)10-18(23-13)24-19-21-12-17(25-19)14-6-3-2-4-7-14/h2-4,6-7,10,12,15,20H,5,8-9,11H2,1H3,(H,21,22,23,24). The molecule has 25 heavy (non-hydrogen) atoms. The van der Waals surface area contributed by atoms with Crippen LogP contribution in [0.15, 0.2) is 42.6 Å². The summed E-state index contributed by atoms with van der Waals surface area (Å²) in [6.07, 6.45) is 4.28. The number of hydrogen-bond donors (Lipinski definition) is 2. The molecule has 0 amide bonds. The first-order valence-corrected chi connectivity index (χ1v) is 9.44. The quantitative estimate of drug-likeness (QED) is 0.740. The van der Waals surface area contributed by atoms with Crippen molar-refractivity contribution in [2.75, 3.05) is 18.4 Å². The smallest absolute Gasteiger partial charge is 0.188 e. The molecule has 1 fully saturated rings. The maximum atomic E-state index is 4.64. The van der Waals surface area contributed by atoms with Crippen LogP contribution in [0.1, 0.15) is 30.3 Å². The lowest BCUT2D eigenvalue weighted by Crippen LogP contribution is -2.29. The molecule has 1 aromatic carbocycles. The van der Waals surface area contributed by atoms with Crippen molar-refractivity contribution in [3.63, 3.8) is 0 Å². The third kappa shape index (κ3) is 3.86. The normalized spacial score (nSPS) is 17.4. The summed E-state index contributed by atoms with van der Waals surface area (Å²) in [7, 11) is 0. The number of rotatable bonds is 4. The van der Waals surface area contributed by atoms with Gasteiger partial charge in [0, 0.05) is 24.7 Å². The molecule has 128 valence electrons. The summed E-state index contributed by atoms with van der Waals surface area (Å²) in [5.74, 6) is 2.08. The predicted molar refractivity (Wildman–Crippen MR) is 102 cm³/mol. The van der Waals surface area contributed by atoms with Gasteiger partial charge in [-0.05, 0) is 31.9 Å². The first kappa shape index (κ1) is 16.2. The van der Waals surface area contributed by atoms with E-state index in [9.17, 15) is 0 Å². The van der Waals surface area contributed by atoms with Crippen molar-refractivity contribution < 1.29 is 0 Å². The number of hydrogen-bond acceptors (Lipinski definition) is 6. The van der Waals surface area contributed by atoms with E-state index in [0.29, 0.717) is 5.92 Å². The van der Waals surface area contributed by atoms with Crippen molar-refractivity contribution >= 4 is 22.3 Å². The summed E-state index contributed by atoms with van der Waals surface area (Å²) in [5.41, 5.74) is 2.29. The van der Waals surface area contributed by atoms with E-state index < -0.39 is 0 Å². The summed E-state index contributed by atoms with van der Waals surface area (Å²) in [6.45, 7) is 4.04. The Bertz CT molecular complexity index is 840. The lowest BCUT2D eigenvalue weighted by atomic mass is 9.96. The third-order valence-corrected chi connectivity index (χ3v) is 5.33. The fourth-order valence-electron chi connectivity index (χ4n) is 3.15. The summed E-state index contributed by atoms with van der Waals surface area (Å²) in [5, 5.41) is 7.65. The van der Waals surface area contributed by atoms with Crippen LogP contribution in [0.25, 0.3) is 10.4 Å². The zero-order chi connectivity index (χ0) is 17.1. The van der Waals surface area contributed by atoms with Crippen LogP contribution in [0.4, 0.5) is 10.9 Å². The number of nitrogens with one attached hydrogen (secondary N) is 2. The molecule has 2 aromatic heterocycles. The molecule has 0 aliphatic carbocycles. The molecule has 0 saturated carbocycles. The van der Waals surface area contributed by atoms with Gasteiger partial charge in [-0.3, -0.25) is 0 Å². The van der Waals surface area contributed by atoms with Crippen molar-refractivity contribution in [2.45, 2.75) is 25.7 Å². The molecule has 4 rings (SSSR count). The second-order valence-electron chi connectivity index (χ2n) is 6.29. The van der Waals surface area contributed by atoms with Gasteiger partial charge in [-0.2, -0.15) is 0 Å². The molecule has 0 spiro atoms. The van der Waals surface area contributed by atoms with Gasteiger partial charge in [-0.15, -0.1) is 0 Å². The SMILES string of the molecule is Cc1nc(Nc2ncc(-c3ccccc3)s2)cc(C2CCCNC2)n1. The van der Waals surface area contributed by atoms with Crippen molar-refractivity contribution in [3.8, 4) is 10.4 Å². The maximum absolute atomic E-state index is 4.64. The molecule has 1 saturated heterocycles. The number of piperidine rings is 1. The van der Waals surface area contributed by atoms with Gasteiger partial charge >= 0.3 is 0 Å². The van der Waals surface area contributed by atoms with Crippen LogP contribution in [-0.2, 0) is 0 Å². The molecule has 0 bridgehead atoms. The highest BCUT2D eigenvalue weighted by molar-refractivity contribution is 7.18. The van der Waals surface area contributed by atoms with Gasteiger partial charge in [0.1, 0.15) is 11.6 Å². The minimum Gasteiger partial charge on any atom is -0.316 e. The Hall–Kier alpha value is -2.31. The minimum absolute atomic E-state index is 0.465. The van der Waals surface area contributed by atoms with Gasteiger partial charge in [0.2, 0.25) is 0 Å². The number of aromatic nitrogens is 3. The largest absolute Gasteiger partial charge is 0.316 e. The van der Waals surface area contributed by atoms with E-state index in [1.165, 1.54) is 18.4 Å². The Balaban J connectivity index is 1.54. The number of nitrogens with zero attached hydrogens (tertiary/aromatic N) is 3. The molecule has 3 aromatic rings. The molecule has 3 heterocycles. The predicted octanol–water partition coefficient (Wildman–Crippen LogP) is 4.12. The lowest BCUT2D eigenvalue weighted by molar-refractivity contribution is 0.453. The number of aryl methyl sites for hydroxylation is 1. The highest BCUT2D eigenvalue weighted by Crippen LogP contribution is 2.31. The van der Waals surface area contributed by atoms with Gasteiger partial charge in [0.15, 0.2) is 5.13 Å². The van der Waals surface area contributed by atoms with Gasteiger partial charge in [0.25, 0.3) is 0 Å². The molecule has 1 aliphatic rings. The van der Waals surface area contributed by atoms with E-state index in [1.54, 1.807) is 11.3 Å². The molecular weight excluding hydrogens is 330 g/mol. The monoisotopic (exact) mass is 351 g/mol. The molecule has 6 heteroatoms. The van der Waals surface area contributed by atoms with Gasteiger partial charge in [-0.25, -0.2) is 15.0 Å². The summed E-state index contributed by atoms with van der Waals surface area (Å²) < 4.78 is 0. The van der Waals surface area contributed by atoms with Crippen molar-refractivity contribution in [2.24, 2.45) is 0 Å². The number of thiazole rings is 1. The van der Waals surface area contributed by atoms with Crippen LogP contribution >= 0.6 is 11.3 Å². The Labute approximate surface area is 151 Å². The maximum Gasteiger partial charge on any atom is 0.188 e. The molecule has 2 N–H and O–H groups in total. The van der Waals surface area contributed by atoms with E-state index in [2.05, 4.69) is 43.8 Å². The lowest BCUT2D eigenvalue weighted by Gasteiger charge is -2.22. The molecule has 1 aliphatic heterocycles. The van der Waals surface area contributed by atoms with Crippen LogP contribution in [0.5, 0.6) is 0 Å². The zero-order valence-corrected chi connectivity index (χ0v) is 15.0. The second-order valence-corrected chi connectivity index (χ2v) is 7.32. The summed E-state index contributed by atoms with van der Waals surface area (Å²) >= 11 is 1.63. The topological polar surface area (TPSA) is 62.7 Å². The first-order chi connectivity index (χ1) is 12.3. The van der Waals surface area contributed by atoms with Crippen molar-refractivity contribution in [1.82, 2.24) is 20.3 Å². The fraction of sp³-hybridized carbons (Fsp3) is 0.316. The molecular formula is C19H21N5S.